The van der Waals surface area contributed by atoms with Gasteiger partial charge in [-0.05, 0) is 31.3 Å². The monoisotopic (exact) mass is 169 g/mol. The van der Waals surface area contributed by atoms with Crippen LogP contribution in [-0.2, 0) is 0 Å². The van der Waals surface area contributed by atoms with Gasteiger partial charge in [0.05, 0.1) is 0 Å². The van der Waals surface area contributed by atoms with Gasteiger partial charge in [-0.15, -0.1) is 12.3 Å². The highest BCUT2D eigenvalue weighted by Gasteiger charge is 1.95. The topological polar surface area (TPSA) is 0 Å². The smallest absolute Gasteiger partial charge is 0.0171 e. The Balaban J connectivity index is 2.97. The number of unbranched alkanes of at least 4 members (excludes halogenated alkanes) is 1. The molecule has 1 atom stereocenters. The molecule has 0 rings (SSSR count). The summed E-state index contributed by atoms with van der Waals surface area (Å²) in [6.45, 7) is 5.87. The summed E-state index contributed by atoms with van der Waals surface area (Å²) in [4.78, 5) is 0. The van der Waals surface area contributed by atoms with Crippen molar-refractivity contribution in [2.24, 2.45) is 5.92 Å². The molecule has 0 bridgehead atoms. The Morgan fingerprint density at radius 1 is 1.55 bits per heavy atom. The van der Waals surface area contributed by atoms with E-state index in [1.165, 1.54) is 25.0 Å². The fraction of sp³-hybridized carbons (Fsp3) is 0.700. The molecular weight excluding hydrogens is 152 g/mol. The van der Waals surface area contributed by atoms with Gasteiger partial charge in [0.1, 0.15) is 0 Å². The predicted octanol–water partition coefficient (Wildman–Crippen LogP) is 2.99. The summed E-state index contributed by atoms with van der Waals surface area (Å²) in [7, 11) is 0. The van der Waals surface area contributed by atoms with Crippen molar-refractivity contribution in [3.63, 3.8) is 0 Å². The van der Waals surface area contributed by atoms with Gasteiger partial charge < -0.3 is 0 Å². The van der Waals surface area contributed by atoms with Gasteiger partial charge in [-0.25, -0.2) is 0 Å². The normalized spacial score (nSPS) is 12.5. The molecule has 11 heavy (non-hydrogen) atoms. The average Bonchev–Trinajstić information content (AvgIpc) is 2.04. The Morgan fingerprint density at radius 3 is 2.82 bits per heavy atom. The molecule has 0 heterocycles. The lowest BCUT2D eigenvalue weighted by Crippen LogP contribution is -1.90. The Kier molecular flexibility index (Phi) is 7.95. The summed E-state index contributed by atoms with van der Waals surface area (Å²) in [6.07, 6.45) is 8.97. The fourth-order valence-electron chi connectivity index (χ4n) is 0.840. The van der Waals surface area contributed by atoms with E-state index in [-0.39, 0.29) is 0 Å². The highest BCUT2D eigenvalue weighted by Crippen LogP contribution is 2.09. The van der Waals surface area contributed by atoms with Gasteiger partial charge >= 0.3 is 0 Å². The molecule has 63 valence electrons. The van der Waals surface area contributed by atoms with Crippen LogP contribution in [0.5, 0.6) is 0 Å². The van der Waals surface area contributed by atoms with Crippen LogP contribution < -0.4 is 0 Å². The van der Waals surface area contributed by atoms with Gasteiger partial charge in [0.15, 0.2) is 0 Å². The van der Waals surface area contributed by atoms with Crippen molar-refractivity contribution in [1.82, 2.24) is 0 Å². The molecule has 0 nitrogen and oxygen atoms in total. The van der Waals surface area contributed by atoms with Gasteiger partial charge in [-0.2, -0.15) is 11.8 Å². The van der Waals surface area contributed by atoms with E-state index in [0.717, 1.165) is 5.75 Å². The number of thioether (sulfide) groups is 1. The molecular formula is C10H17S. The number of terminal acetylenes is 1. The van der Waals surface area contributed by atoms with E-state index in [0.29, 0.717) is 5.92 Å². The van der Waals surface area contributed by atoms with Gasteiger partial charge in [0.2, 0.25) is 0 Å². The Bertz CT molecular complexity index is 113. The first kappa shape index (κ1) is 10.9. The van der Waals surface area contributed by atoms with Crippen molar-refractivity contribution in [3.05, 3.63) is 6.92 Å². The fourth-order valence-corrected chi connectivity index (χ4v) is 1.45. The minimum Gasteiger partial charge on any atom is -0.162 e. The summed E-state index contributed by atoms with van der Waals surface area (Å²) in [5.41, 5.74) is 0. The van der Waals surface area contributed by atoms with Gasteiger partial charge in [-0.3, -0.25) is 0 Å². The maximum Gasteiger partial charge on any atom is 0.0171 e. The molecule has 0 aliphatic heterocycles. The lowest BCUT2D eigenvalue weighted by atomic mass is 10.1. The van der Waals surface area contributed by atoms with E-state index >= 15 is 0 Å². The molecule has 1 unspecified atom stereocenters. The van der Waals surface area contributed by atoms with Crippen LogP contribution in [0.1, 0.15) is 26.2 Å². The first-order chi connectivity index (χ1) is 5.31. The number of rotatable bonds is 6. The second kappa shape index (κ2) is 8.01. The molecule has 0 aliphatic carbocycles. The third kappa shape index (κ3) is 7.81. The van der Waals surface area contributed by atoms with Crippen molar-refractivity contribution >= 4 is 11.8 Å². The maximum atomic E-state index is 5.25. The SMILES string of the molecule is C#CC(C)CCCCSC[CH2]. The van der Waals surface area contributed by atoms with Crippen molar-refractivity contribution in [2.45, 2.75) is 26.2 Å². The van der Waals surface area contributed by atoms with Crippen molar-refractivity contribution < 1.29 is 0 Å². The van der Waals surface area contributed by atoms with Gasteiger partial charge in [0, 0.05) is 5.92 Å². The largest absolute Gasteiger partial charge is 0.162 e. The third-order valence-corrected chi connectivity index (χ3v) is 2.47. The molecule has 0 saturated heterocycles. The molecule has 0 fully saturated rings. The zero-order valence-corrected chi connectivity index (χ0v) is 8.12. The molecule has 0 aromatic heterocycles. The van der Waals surface area contributed by atoms with Crippen molar-refractivity contribution in [1.29, 1.82) is 0 Å². The van der Waals surface area contributed by atoms with Crippen LogP contribution >= 0.6 is 11.8 Å². The summed E-state index contributed by atoms with van der Waals surface area (Å²) in [5, 5.41) is 0. The van der Waals surface area contributed by atoms with Crippen LogP contribution in [0.2, 0.25) is 0 Å². The highest BCUT2D eigenvalue weighted by molar-refractivity contribution is 7.99. The zero-order valence-electron chi connectivity index (χ0n) is 7.31. The first-order valence-electron chi connectivity index (χ1n) is 4.14. The summed E-state index contributed by atoms with van der Waals surface area (Å²) in [5.74, 6) is 5.42. The summed E-state index contributed by atoms with van der Waals surface area (Å²) >= 11 is 1.90. The number of hydrogen-bond donors (Lipinski definition) is 0. The molecule has 0 aromatic carbocycles. The van der Waals surface area contributed by atoms with Crippen LogP contribution in [0.25, 0.3) is 0 Å². The molecule has 0 spiro atoms. The lowest BCUT2D eigenvalue weighted by molar-refractivity contribution is 0.616. The molecule has 0 aliphatic rings. The van der Waals surface area contributed by atoms with E-state index in [4.69, 9.17) is 6.42 Å². The van der Waals surface area contributed by atoms with E-state index in [1.54, 1.807) is 0 Å². The summed E-state index contributed by atoms with van der Waals surface area (Å²) < 4.78 is 0. The standard InChI is InChI=1S/C10H17S/c1-4-10(3)8-6-7-9-11-5-2/h1,10H,2,5-9H2,3H3. The number of hydrogen-bond acceptors (Lipinski definition) is 1. The molecule has 0 saturated carbocycles. The predicted molar refractivity (Wildman–Crippen MR) is 54.5 cm³/mol. The Hall–Kier alpha value is -0.0900. The Labute approximate surface area is 75.1 Å². The van der Waals surface area contributed by atoms with Crippen molar-refractivity contribution in [2.75, 3.05) is 11.5 Å². The van der Waals surface area contributed by atoms with Crippen LogP contribution in [0.15, 0.2) is 0 Å². The molecule has 0 amide bonds. The average molecular weight is 169 g/mol. The van der Waals surface area contributed by atoms with Crippen LogP contribution in [0, 0.1) is 25.2 Å². The van der Waals surface area contributed by atoms with Gasteiger partial charge in [-0.1, -0.05) is 13.3 Å². The van der Waals surface area contributed by atoms with Gasteiger partial charge in [0.25, 0.3) is 0 Å². The van der Waals surface area contributed by atoms with E-state index < -0.39 is 0 Å². The molecule has 0 N–H and O–H groups in total. The van der Waals surface area contributed by atoms with Crippen LogP contribution in [0.4, 0.5) is 0 Å². The maximum absolute atomic E-state index is 5.25. The third-order valence-electron chi connectivity index (χ3n) is 1.60. The quantitative estimate of drug-likeness (QED) is 0.435. The minimum atomic E-state index is 0.458. The first-order valence-corrected chi connectivity index (χ1v) is 5.29. The Morgan fingerprint density at radius 2 is 2.27 bits per heavy atom. The zero-order chi connectivity index (χ0) is 8.53. The van der Waals surface area contributed by atoms with E-state index in [2.05, 4.69) is 19.8 Å². The summed E-state index contributed by atoms with van der Waals surface area (Å²) in [6, 6.07) is 0. The second-order valence-electron chi connectivity index (χ2n) is 2.68. The van der Waals surface area contributed by atoms with Crippen molar-refractivity contribution in [3.8, 4) is 12.3 Å². The van der Waals surface area contributed by atoms with Crippen LogP contribution in [0.3, 0.4) is 0 Å². The molecule has 0 aromatic rings. The van der Waals surface area contributed by atoms with Crippen LogP contribution in [-0.4, -0.2) is 11.5 Å². The lowest BCUT2D eigenvalue weighted by Gasteiger charge is -2.02. The minimum absolute atomic E-state index is 0.458. The highest BCUT2D eigenvalue weighted by atomic mass is 32.2. The second-order valence-corrected chi connectivity index (χ2v) is 3.90. The molecule has 1 heteroatoms. The molecule has 1 radical (unpaired) electrons. The van der Waals surface area contributed by atoms with E-state index in [9.17, 15) is 0 Å². The van der Waals surface area contributed by atoms with E-state index in [1.807, 2.05) is 11.8 Å².